The molecule has 1 fully saturated rings. The van der Waals surface area contributed by atoms with Gasteiger partial charge in [-0.2, -0.15) is 0 Å². The van der Waals surface area contributed by atoms with Crippen LogP contribution in [0.4, 0.5) is 0 Å². The normalized spacial score (nSPS) is 22.0. The molecule has 1 N–H and O–H groups in total. The number of aliphatic hydroxyl groups is 1. The molecule has 4 nitrogen and oxygen atoms in total. The van der Waals surface area contributed by atoms with Crippen LogP contribution in [0.2, 0.25) is 0 Å². The fourth-order valence-corrected chi connectivity index (χ4v) is 2.62. The summed E-state index contributed by atoms with van der Waals surface area (Å²) in [6.45, 7) is 5.27. The fourth-order valence-electron chi connectivity index (χ4n) is 2.62. The minimum Gasteiger partial charge on any atom is -0.465 e. The van der Waals surface area contributed by atoms with E-state index < -0.39 is 23.4 Å². The zero-order chi connectivity index (χ0) is 13.8. The van der Waals surface area contributed by atoms with Crippen LogP contribution in [0, 0.1) is 11.8 Å². The average Bonchev–Trinajstić information content (AvgIpc) is 2.37. The molecule has 1 saturated carbocycles. The standard InChI is InChI=1S/C14H24O4/c1-4-18-13(16)10(2)12(15)11(3)14(17)8-6-5-7-9-14/h10-11,17H,4-9H2,1-3H3. The Morgan fingerprint density at radius 3 is 2.28 bits per heavy atom. The van der Waals surface area contributed by atoms with Gasteiger partial charge in [-0.1, -0.05) is 26.2 Å². The Bertz CT molecular complexity index is 305. The summed E-state index contributed by atoms with van der Waals surface area (Å²) in [5.74, 6) is -1.99. The molecule has 2 unspecified atom stereocenters. The van der Waals surface area contributed by atoms with Gasteiger partial charge < -0.3 is 9.84 Å². The second kappa shape index (κ2) is 6.32. The minimum atomic E-state index is -0.934. The van der Waals surface area contributed by atoms with Crippen molar-refractivity contribution in [2.75, 3.05) is 6.61 Å². The van der Waals surface area contributed by atoms with Crippen LogP contribution in [0.3, 0.4) is 0 Å². The maximum Gasteiger partial charge on any atom is 0.316 e. The SMILES string of the molecule is CCOC(=O)C(C)C(=O)C(C)C1(O)CCCCC1. The predicted molar refractivity (Wildman–Crippen MR) is 68.0 cm³/mol. The molecule has 0 heterocycles. The molecule has 2 atom stereocenters. The lowest BCUT2D eigenvalue weighted by molar-refractivity contribution is -0.155. The lowest BCUT2D eigenvalue weighted by Gasteiger charge is -2.37. The van der Waals surface area contributed by atoms with Gasteiger partial charge in [0.15, 0.2) is 5.78 Å². The van der Waals surface area contributed by atoms with Crippen LogP contribution < -0.4 is 0 Å². The van der Waals surface area contributed by atoms with Gasteiger partial charge in [0.1, 0.15) is 5.92 Å². The predicted octanol–water partition coefficient (Wildman–Crippen LogP) is 2.09. The van der Waals surface area contributed by atoms with E-state index in [9.17, 15) is 14.7 Å². The molecule has 0 saturated heterocycles. The van der Waals surface area contributed by atoms with Crippen molar-refractivity contribution in [3.05, 3.63) is 0 Å². The van der Waals surface area contributed by atoms with E-state index in [1.165, 1.54) is 0 Å². The third-order valence-electron chi connectivity index (χ3n) is 4.02. The number of hydrogen-bond donors (Lipinski definition) is 1. The van der Waals surface area contributed by atoms with Crippen LogP contribution in [-0.2, 0) is 14.3 Å². The molecule has 4 heteroatoms. The maximum atomic E-state index is 12.2. The van der Waals surface area contributed by atoms with E-state index in [0.29, 0.717) is 12.8 Å². The second-order valence-corrected chi connectivity index (χ2v) is 5.26. The lowest BCUT2D eigenvalue weighted by atomic mass is 9.73. The molecular formula is C14H24O4. The lowest BCUT2D eigenvalue weighted by Crippen LogP contribution is -2.45. The summed E-state index contributed by atoms with van der Waals surface area (Å²) in [6.07, 6.45) is 4.30. The zero-order valence-corrected chi connectivity index (χ0v) is 11.6. The molecule has 0 aliphatic heterocycles. The summed E-state index contributed by atoms with van der Waals surface area (Å²) in [7, 11) is 0. The highest BCUT2D eigenvalue weighted by Crippen LogP contribution is 2.35. The Balaban J connectivity index is 2.67. The number of carbonyl (C=O) groups is 2. The van der Waals surface area contributed by atoms with Crippen molar-refractivity contribution in [2.24, 2.45) is 11.8 Å². The summed E-state index contributed by atoms with van der Waals surface area (Å²) in [6, 6.07) is 0. The minimum absolute atomic E-state index is 0.210. The van der Waals surface area contributed by atoms with E-state index in [1.54, 1.807) is 20.8 Å². The van der Waals surface area contributed by atoms with Gasteiger partial charge in [-0.05, 0) is 26.7 Å². The summed E-state index contributed by atoms with van der Waals surface area (Å²) in [4.78, 5) is 23.8. The van der Waals surface area contributed by atoms with Crippen molar-refractivity contribution < 1.29 is 19.4 Å². The second-order valence-electron chi connectivity index (χ2n) is 5.26. The molecule has 104 valence electrons. The topological polar surface area (TPSA) is 63.6 Å². The first-order valence-electron chi connectivity index (χ1n) is 6.85. The van der Waals surface area contributed by atoms with Crippen LogP contribution >= 0.6 is 0 Å². The van der Waals surface area contributed by atoms with Crippen molar-refractivity contribution in [1.82, 2.24) is 0 Å². The highest BCUT2D eigenvalue weighted by atomic mass is 16.5. The summed E-state index contributed by atoms with van der Waals surface area (Å²) in [5, 5.41) is 10.5. The van der Waals surface area contributed by atoms with Gasteiger partial charge in [-0.25, -0.2) is 0 Å². The van der Waals surface area contributed by atoms with E-state index in [1.807, 2.05) is 0 Å². The van der Waals surface area contributed by atoms with Crippen LogP contribution in [0.15, 0.2) is 0 Å². The van der Waals surface area contributed by atoms with Crippen LogP contribution in [-0.4, -0.2) is 29.1 Å². The third-order valence-corrected chi connectivity index (χ3v) is 4.02. The van der Waals surface area contributed by atoms with Crippen LogP contribution in [0.5, 0.6) is 0 Å². The molecular weight excluding hydrogens is 232 g/mol. The van der Waals surface area contributed by atoms with Crippen molar-refractivity contribution in [1.29, 1.82) is 0 Å². The van der Waals surface area contributed by atoms with Gasteiger partial charge in [0.2, 0.25) is 0 Å². The van der Waals surface area contributed by atoms with Crippen molar-refractivity contribution in [2.45, 2.75) is 58.5 Å². The number of esters is 1. The number of carbonyl (C=O) groups excluding carboxylic acids is 2. The Morgan fingerprint density at radius 1 is 1.22 bits per heavy atom. The fraction of sp³-hybridized carbons (Fsp3) is 0.857. The molecule has 1 aliphatic rings. The summed E-state index contributed by atoms with van der Waals surface area (Å²) >= 11 is 0. The van der Waals surface area contributed by atoms with E-state index >= 15 is 0 Å². The molecule has 1 aliphatic carbocycles. The Kier molecular flexibility index (Phi) is 5.32. The first-order chi connectivity index (χ1) is 8.42. The number of ketones is 1. The molecule has 0 aromatic carbocycles. The number of Topliss-reactive ketones (excluding diaryl/α,β-unsaturated/α-hetero) is 1. The third kappa shape index (κ3) is 3.31. The number of ether oxygens (including phenoxy) is 1. The van der Waals surface area contributed by atoms with Gasteiger partial charge in [-0.15, -0.1) is 0 Å². The zero-order valence-electron chi connectivity index (χ0n) is 11.6. The van der Waals surface area contributed by atoms with Crippen molar-refractivity contribution in [3.63, 3.8) is 0 Å². The molecule has 0 amide bonds. The first-order valence-corrected chi connectivity index (χ1v) is 6.85. The smallest absolute Gasteiger partial charge is 0.316 e. The monoisotopic (exact) mass is 256 g/mol. The first kappa shape index (κ1) is 15.2. The van der Waals surface area contributed by atoms with E-state index in [-0.39, 0.29) is 12.4 Å². The van der Waals surface area contributed by atoms with Crippen molar-refractivity contribution in [3.8, 4) is 0 Å². The van der Waals surface area contributed by atoms with Gasteiger partial charge in [0.05, 0.1) is 12.2 Å². The van der Waals surface area contributed by atoms with E-state index in [0.717, 1.165) is 19.3 Å². The van der Waals surface area contributed by atoms with Gasteiger partial charge >= 0.3 is 5.97 Å². The van der Waals surface area contributed by atoms with Crippen LogP contribution in [0.1, 0.15) is 52.9 Å². The van der Waals surface area contributed by atoms with Gasteiger partial charge in [-0.3, -0.25) is 9.59 Å². The number of hydrogen-bond acceptors (Lipinski definition) is 4. The highest BCUT2D eigenvalue weighted by molar-refractivity contribution is 6.00. The molecule has 18 heavy (non-hydrogen) atoms. The Morgan fingerprint density at radius 2 is 1.78 bits per heavy atom. The highest BCUT2D eigenvalue weighted by Gasteiger charge is 2.41. The Labute approximate surface area is 109 Å². The van der Waals surface area contributed by atoms with E-state index in [2.05, 4.69) is 0 Å². The molecule has 0 aromatic rings. The molecule has 0 spiro atoms. The molecule has 1 rings (SSSR count). The maximum absolute atomic E-state index is 12.2. The van der Waals surface area contributed by atoms with Crippen LogP contribution in [0.25, 0.3) is 0 Å². The van der Waals surface area contributed by atoms with E-state index in [4.69, 9.17) is 4.74 Å². The number of rotatable bonds is 5. The molecule has 0 bridgehead atoms. The largest absolute Gasteiger partial charge is 0.465 e. The molecule has 0 radical (unpaired) electrons. The summed E-state index contributed by atoms with van der Waals surface area (Å²) in [5.41, 5.74) is -0.934. The molecule has 0 aromatic heterocycles. The average molecular weight is 256 g/mol. The Hall–Kier alpha value is -0.900. The van der Waals surface area contributed by atoms with Crippen molar-refractivity contribution >= 4 is 11.8 Å². The van der Waals surface area contributed by atoms with Gasteiger partial charge in [0, 0.05) is 5.92 Å². The quantitative estimate of drug-likeness (QED) is 0.604. The summed E-state index contributed by atoms with van der Waals surface area (Å²) < 4.78 is 4.85. The van der Waals surface area contributed by atoms with Gasteiger partial charge in [0.25, 0.3) is 0 Å².